The molecule has 1 amide bonds. The molecule has 0 aliphatic heterocycles. The van der Waals surface area contributed by atoms with Crippen LogP contribution in [-0.4, -0.2) is 18.9 Å². The van der Waals surface area contributed by atoms with Crippen molar-refractivity contribution in [2.75, 3.05) is 18.3 Å². The Balaban J connectivity index is 3.09. The zero-order chi connectivity index (χ0) is 13.1. The van der Waals surface area contributed by atoms with Gasteiger partial charge in [0.25, 0.3) is 0 Å². The van der Waals surface area contributed by atoms with Gasteiger partial charge in [0, 0.05) is 5.69 Å². The van der Waals surface area contributed by atoms with E-state index in [-0.39, 0.29) is 17.3 Å². The van der Waals surface area contributed by atoms with Crippen LogP contribution in [0.25, 0.3) is 0 Å². The molecule has 17 heavy (non-hydrogen) atoms. The molecule has 1 aromatic carbocycles. The van der Waals surface area contributed by atoms with Crippen molar-refractivity contribution >= 4 is 23.2 Å². The second-order valence-electron chi connectivity index (χ2n) is 3.09. The molecule has 0 radical (unpaired) electrons. The summed E-state index contributed by atoms with van der Waals surface area (Å²) in [6.45, 7) is 0. The lowest BCUT2D eigenvalue weighted by atomic mass is 10.1. The van der Waals surface area contributed by atoms with Crippen LogP contribution in [-0.2, 0) is 11.0 Å². The van der Waals surface area contributed by atoms with Gasteiger partial charge in [-0.15, -0.1) is 11.6 Å². The van der Waals surface area contributed by atoms with Gasteiger partial charge in [0.05, 0.1) is 12.7 Å². The summed E-state index contributed by atoms with van der Waals surface area (Å²) in [5.41, 5.74) is -0.934. The van der Waals surface area contributed by atoms with E-state index in [1.54, 1.807) is 0 Å². The first kappa shape index (κ1) is 13.6. The second-order valence-corrected chi connectivity index (χ2v) is 3.36. The molecule has 3 nitrogen and oxygen atoms in total. The van der Waals surface area contributed by atoms with Crippen LogP contribution >= 0.6 is 11.6 Å². The Hall–Kier alpha value is -1.43. The van der Waals surface area contributed by atoms with E-state index in [0.29, 0.717) is 0 Å². The van der Waals surface area contributed by atoms with Crippen LogP contribution in [0.3, 0.4) is 0 Å². The fourth-order valence-corrected chi connectivity index (χ4v) is 1.27. The Labute approximate surface area is 101 Å². The molecular weight excluding hydrogens is 259 g/mol. The third-order valence-corrected chi connectivity index (χ3v) is 2.15. The third kappa shape index (κ3) is 3.52. The number of hydrogen-bond donors (Lipinski definition) is 1. The lowest BCUT2D eigenvalue weighted by Gasteiger charge is -2.13. The highest BCUT2D eigenvalue weighted by atomic mass is 35.5. The highest BCUT2D eigenvalue weighted by molar-refractivity contribution is 6.29. The number of hydrogen-bond acceptors (Lipinski definition) is 2. The summed E-state index contributed by atoms with van der Waals surface area (Å²) in [7, 11) is 1.14. The predicted molar refractivity (Wildman–Crippen MR) is 57.3 cm³/mol. The Morgan fingerprint density at radius 3 is 2.59 bits per heavy atom. The zero-order valence-corrected chi connectivity index (χ0v) is 9.52. The molecule has 94 valence electrons. The van der Waals surface area contributed by atoms with Gasteiger partial charge in [0.2, 0.25) is 5.91 Å². The predicted octanol–water partition coefficient (Wildman–Crippen LogP) is 2.89. The van der Waals surface area contributed by atoms with Crippen molar-refractivity contribution in [3.63, 3.8) is 0 Å². The number of alkyl halides is 4. The topological polar surface area (TPSA) is 38.3 Å². The van der Waals surface area contributed by atoms with Crippen LogP contribution in [0.1, 0.15) is 5.56 Å². The van der Waals surface area contributed by atoms with Gasteiger partial charge in [-0.05, 0) is 18.2 Å². The van der Waals surface area contributed by atoms with Crippen LogP contribution in [0.15, 0.2) is 18.2 Å². The highest BCUT2D eigenvalue weighted by Gasteiger charge is 2.34. The summed E-state index contributed by atoms with van der Waals surface area (Å²) in [6.07, 6.45) is -4.55. The molecule has 0 saturated carbocycles. The lowest BCUT2D eigenvalue weighted by molar-refractivity contribution is -0.138. The van der Waals surface area contributed by atoms with E-state index in [2.05, 4.69) is 10.1 Å². The summed E-state index contributed by atoms with van der Waals surface area (Å²) in [5.74, 6) is -1.21. The molecular formula is C10H9ClF3NO2. The Morgan fingerprint density at radius 2 is 2.12 bits per heavy atom. The number of rotatable bonds is 3. The van der Waals surface area contributed by atoms with Crippen LogP contribution in [0.2, 0.25) is 0 Å². The number of amides is 1. The molecule has 0 bridgehead atoms. The summed E-state index contributed by atoms with van der Waals surface area (Å²) in [6, 6.07) is 3.23. The molecule has 0 aliphatic rings. The zero-order valence-electron chi connectivity index (χ0n) is 8.77. The second kappa shape index (κ2) is 5.27. The molecule has 0 atom stereocenters. The monoisotopic (exact) mass is 267 g/mol. The largest absolute Gasteiger partial charge is 0.496 e. The molecule has 0 spiro atoms. The molecule has 0 heterocycles. The number of halogens is 4. The first-order valence-corrected chi connectivity index (χ1v) is 5.03. The van der Waals surface area contributed by atoms with Crippen molar-refractivity contribution < 1.29 is 22.7 Å². The van der Waals surface area contributed by atoms with Crippen LogP contribution < -0.4 is 10.1 Å². The van der Waals surface area contributed by atoms with Crippen molar-refractivity contribution in [1.29, 1.82) is 0 Å². The molecule has 7 heteroatoms. The van der Waals surface area contributed by atoms with Crippen molar-refractivity contribution in [1.82, 2.24) is 0 Å². The molecule has 0 fully saturated rings. The van der Waals surface area contributed by atoms with E-state index < -0.39 is 17.6 Å². The van der Waals surface area contributed by atoms with Gasteiger partial charge in [-0.1, -0.05) is 0 Å². The van der Waals surface area contributed by atoms with Gasteiger partial charge in [-0.2, -0.15) is 13.2 Å². The van der Waals surface area contributed by atoms with Gasteiger partial charge in [-0.25, -0.2) is 0 Å². The quantitative estimate of drug-likeness (QED) is 0.855. The highest BCUT2D eigenvalue weighted by Crippen LogP contribution is 2.37. The maximum Gasteiger partial charge on any atom is 0.420 e. The number of benzene rings is 1. The number of methoxy groups -OCH3 is 1. The van der Waals surface area contributed by atoms with Crippen molar-refractivity contribution in [2.24, 2.45) is 0 Å². The van der Waals surface area contributed by atoms with Crippen molar-refractivity contribution in [3.8, 4) is 5.75 Å². The summed E-state index contributed by atoms with van der Waals surface area (Å²) in [4.78, 5) is 10.9. The minimum Gasteiger partial charge on any atom is -0.496 e. The normalized spacial score (nSPS) is 11.1. The maximum absolute atomic E-state index is 12.6. The van der Waals surface area contributed by atoms with Crippen molar-refractivity contribution in [3.05, 3.63) is 23.8 Å². The van der Waals surface area contributed by atoms with E-state index in [1.165, 1.54) is 6.07 Å². The molecule has 1 rings (SSSR count). The van der Waals surface area contributed by atoms with Gasteiger partial charge < -0.3 is 10.1 Å². The van der Waals surface area contributed by atoms with Crippen LogP contribution in [0.5, 0.6) is 5.75 Å². The Bertz CT molecular complexity index is 421. The smallest absolute Gasteiger partial charge is 0.420 e. The Kier molecular flexibility index (Phi) is 4.22. The van der Waals surface area contributed by atoms with E-state index >= 15 is 0 Å². The third-order valence-electron chi connectivity index (χ3n) is 1.91. The SMILES string of the molecule is COc1ccc(NC(=O)CCl)cc1C(F)(F)F. The van der Waals surface area contributed by atoms with E-state index in [1.807, 2.05) is 0 Å². The molecule has 1 aromatic rings. The number of carbonyl (C=O) groups is 1. The number of ether oxygens (including phenoxy) is 1. The van der Waals surface area contributed by atoms with E-state index in [0.717, 1.165) is 19.2 Å². The fourth-order valence-electron chi connectivity index (χ4n) is 1.20. The van der Waals surface area contributed by atoms with Crippen LogP contribution in [0.4, 0.5) is 18.9 Å². The minimum atomic E-state index is -4.55. The first-order valence-electron chi connectivity index (χ1n) is 4.49. The maximum atomic E-state index is 12.6. The molecule has 0 saturated heterocycles. The van der Waals surface area contributed by atoms with E-state index in [4.69, 9.17) is 11.6 Å². The minimum absolute atomic E-state index is 0.0174. The fraction of sp³-hybridized carbons (Fsp3) is 0.300. The molecule has 1 N–H and O–H groups in total. The first-order chi connectivity index (χ1) is 7.88. The van der Waals surface area contributed by atoms with Gasteiger partial charge in [0.1, 0.15) is 11.6 Å². The standard InChI is InChI=1S/C10H9ClF3NO2/c1-17-8-3-2-6(15-9(16)5-11)4-7(8)10(12,13)14/h2-4H,5H2,1H3,(H,15,16). The van der Waals surface area contributed by atoms with Gasteiger partial charge >= 0.3 is 6.18 Å². The molecule has 0 unspecified atom stereocenters. The summed E-state index contributed by atoms with van der Waals surface area (Å²) in [5, 5.41) is 2.23. The average Bonchev–Trinajstić information content (AvgIpc) is 2.27. The van der Waals surface area contributed by atoms with Crippen LogP contribution in [0, 0.1) is 0 Å². The van der Waals surface area contributed by atoms with E-state index in [9.17, 15) is 18.0 Å². The number of anilines is 1. The average molecular weight is 268 g/mol. The number of carbonyl (C=O) groups excluding carboxylic acids is 1. The lowest BCUT2D eigenvalue weighted by Crippen LogP contribution is -2.14. The van der Waals surface area contributed by atoms with Crippen molar-refractivity contribution in [2.45, 2.75) is 6.18 Å². The van der Waals surface area contributed by atoms with Gasteiger partial charge in [0.15, 0.2) is 0 Å². The summed E-state index contributed by atoms with van der Waals surface area (Å²) >= 11 is 5.23. The summed E-state index contributed by atoms with van der Waals surface area (Å²) < 4.78 is 42.4. The Morgan fingerprint density at radius 1 is 1.47 bits per heavy atom. The van der Waals surface area contributed by atoms with Gasteiger partial charge in [-0.3, -0.25) is 4.79 Å². The molecule has 0 aliphatic carbocycles. The number of nitrogens with one attached hydrogen (secondary N) is 1. The molecule has 0 aromatic heterocycles.